The number of cyclic esters (lactones) is 1. The van der Waals surface area contributed by atoms with Crippen LogP contribution in [0.2, 0.25) is 0 Å². The highest BCUT2D eigenvalue weighted by Crippen LogP contribution is 2.36. The molecule has 0 spiro atoms. The van der Waals surface area contributed by atoms with Crippen LogP contribution in [0.15, 0.2) is 54.6 Å². The lowest BCUT2D eigenvalue weighted by molar-refractivity contribution is -0.134. The molecule has 2 aromatic carbocycles. The van der Waals surface area contributed by atoms with Crippen molar-refractivity contribution in [2.75, 3.05) is 18.9 Å². The molecule has 0 aliphatic carbocycles. The predicted molar refractivity (Wildman–Crippen MR) is 140 cm³/mol. The van der Waals surface area contributed by atoms with E-state index in [1.807, 2.05) is 56.3 Å². The minimum Gasteiger partial charge on any atom is -0.447 e. The van der Waals surface area contributed by atoms with Crippen LogP contribution in [-0.4, -0.2) is 54.6 Å². The Kier molecular flexibility index (Phi) is 6.89. The lowest BCUT2D eigenvalue weighted by Crippen LogP contribution is -2.48. The Morgan fingerprint density at radius 3 is 2.58 bits per heavy atom. The summed E-state index contributed by atoms with van der Waals surface area (Å²) in [7, 11) is -3.74. The average Bonchev–Trinajstić information content (AvgIpc) is 3.42. The SMILES string of the molecule is CC(C)[C@@H](CS(=O)(=O)N1CCc2c(sc3ccccc23)C1)C(=O)N1C(=O)OC[C@H]1Cc1ccccc1. The second-order valence-corrected chi connectivity index (χ2v) is 13.0. The minimum atomic E-state index is -3.74. The van der Waals surface area contributed by atoms with E-state index in [2.05, 4.69) is 12.1 Å². The smallest absolute Gasteiger partial charge is 0.416 e. The van der Waals surface area contributed by atoms with Gasteiger partial charge in [0.05, 0.1) is 17.7 Å². The maximum atomic E-state index is 13.6. The number of hydrogen-bond donors (Lipinski definition) is 0. The summed E-state index contributed by atoms with van der Waals surface area (Å²) in [6, 6.07) is 17.3. The zero-order chi connectivity index (χ0) is 25.4. The van der Waals surface area contributed by atoms with E-state index in [0.717, 1.165) is 20.0 Å². The Hall–Kier alpha value is -2.75. The fourth-order valence-corrected chi connectivity index (χ4v) is 8.33. The standard InChI is InChI=1S/C27H30N2O5S2/c1-18(2)23(26(30)29-20(16-34-27(29)31)14-19-8-4-3-5-9-19)17-36(32,33)28-13-12-22-21-10-6-7-11-24(21)35-25(22)15-28/h3-11,18,20,23H,12-17H2,1-2H3/t20-,23-/m1/s1. The maximum absolute atomic E-state index is 13.6. The van der Waals surface area contributed by atoms with Crippen LogP contribution < -0.4 is 0 Å². The van der Waals surface area contributed by atoms with Gasteiger partial charge in [-0.05, 0) is 41.3 Å². The van der Waals surface area contributed by atoms with Gasteiger partial charge in [-0.3, -0.25) is 4.79 Å². The summed E-state index contributed by atoms with van der Waals surface area (Å²) in [5.41, 5.74) is 2.21. The molecule has 0 saturated carbocycles. The Bertz CT molecular complexity index is 1380. The van der Waals surface area contributed by atoms with E-state index in [9.17, 15) is 18.0 Å². The van der Waals surface area contributed by atoms with E-state index in [4.69, 9.17) is 4.74 Å². The highest BCUT2D eigenvalue weighted by molar-refractivity contribution is 7.89. The average molecular weight is 527 g/mol. The number of fused-ring (bicyclic) bond motifs is 3. The molecule has 1 aromatic heterocycles. The largest absolute Gasteiger partial charge is 0.447 e. The summed E-state index contributed by atoms with van der Waals surface area (Å²) in [6.45, 7) is 4.46. The molecule has 3 aromatic rings. The zero-order valence-electron chi connectivity index (χ0n) is 20.4. The molecule has 2 atom stereocenters. The maximum Gasteiger partial charge on any atom is 0.416 e. The summed E-state index contributed by atoms with van der Waals surface area (Å²) >= 11 is 1.63. The summed E-state index contributed by atoms with van der Waals surface area (Å²) < 4.78 is 35.0. The van der Waals surface area contributed by atoms with E-state index in [1.54, 1.807) is 11.3 Å². The van der Waals surface area contributed by atoms with Crippen LogP contribution in [0.5, 0.6) is 0 Å². The predicted octanol–water partition coefficient (Wildman–Crippen LogP) is 4.45. The van der Waals surface area contributed by atoms with Crippen molar-refractivity contribution in [1.29, 1.82) is 0 Å². The molecular formula is C27H30N2O5S2. The molecular weight excluding hydrogens is 496 g/mol. The second kappa shape index (κ2) is 9.95. The quantitative estimate of drug-likeness (QED) is 0.454. The lowest BCUT2D eigenvalue weighted by atomic mass is 9.95. The number of ether oxygens (including phenoxy) is 1. The number of nitrogens with zero attached hydrogens (tertiary/aromatic N) is 2. The van der Waals surface area contributed by atoms with Gasteiger partial charge in [0, 0.05) is 22.7 Å². The molecule has 0 bridgehead atoms. The van der Waals surface area contributed by atoms with Gasteiger partial charge in [-0.25, -0.2) is 18.1 Å². The molecule has 0 N–H and O–H groups in total. The topological polar surface area (TPSA) is 84.0 Å². The van der Waals surface area contributed by atoms with Crippen LogP contribution >= 0.6 is 11.3 Å². The summed E-state index contributed by atoms with van der Waals surface area (Å²) in [5, 5.41) is 1.20. The van der Waals surface area contributed by atoms with Crippen molar-refractivity contribution in [3.63, 3.8) is 0 Å². The number of carbonyl (C=O) groups excluding carboxylic acids is 2. The van der Waals surface area contributed by atoms with Crippen molar-refractivity contribution in [2.24, 2.45) is 11.8 Å². The molecule has 9 heteroatoms. The van der Waals surface area contributed by atoms with E-state index in [1.165, 1.54) is 15.3 Å². The number of sulfonamides is 1. The molecule has 1 saturated heterocycles. The fourth-order valence-electron chi connectivity index (χ4n) is 5.09. The number of hydrogen-bond acceptors (Lipinski definition) is 6. The first-order valence-corrected chi connectivity index (χ1v) is 14.7. The van der Waals surface area contributed by atoms with Crippen LogP contribution in [0.25, 0.3) is 10.1 Å². The zero-order valence-corrected chi connectivity index (χ0v) is 22.1. The Labute approximate surface area is 215 Å². The van der Waals surface area contributed by atoms with Crippen LogP contribution in [-0.2, 0) is 38.9 Å². The number of imide groups is 1. The van der Waals surface area contributed by atoms with Gasteiger partial charge in [-0.2, -0.15) is 4.31 Å². The van der Waals surface area contributed by atoms with Gasteiger partial charge in [0.25, 0.3) is 0 Å². The van der Waals surface area contributed by atoms with Gasteiger partial charge in [-0.1, -0.05) is 62.4 Å². The molecule has 5 rings (SSSR count). The lowest BCUT2D eigenvalue weighted by Gasteiger charge is -2.31. The van der Waals surface area contributed by atoms with Crippen molar-refractivity contribution >= 4 is 43.4 Å². The van der Waals surface area contributed by atoms with Gasteiger partial charge < -0.3 is 4.74 Å². The number of benzene rings is 2. The second-order valence-electron chi connectivity index (χ2n) is 9.84. The van der Waals surface area contributed by atoms with Crippen molar-refractivity contribution in [2.45, 2.75) is 39.3 Å². The number of amides is 2. The number of carbonyl (C=O) groups is 2. The Morgan fingerprint density at radius 2 is 1.83 bits per heavy atom. The van der Waals surface area contributed by atoms with E-state index in [-0.39, 0.29) is 18.3 Å². The highest BCUT2D eigenvalue weighted by atomic mass is 32.2. The third-order valence-corrected chi connectivity index (χ3v) is 10.2. The molecule has 0 unspecified atom stereocenters. The molecule has 2 aliphatic rings. The van der Waals surface area contributed by atoms with Crippen molar-refractivity contribution in [3.8, 4) is 0 Å². The normalized spacial score (nSPS) is 19.5. The van der Waals surface area contributed by atoms with Gasteiger partial charge in [-0.15, -0.1) is 11.3 Å². The third kappa shape index (κ3) is 4.79. The van der Waals surface area contributed by atoms with Crippen LogP contribution in [0.4, 0.5) is 4.79 Å². The van der Waals surface area contributed by atoms with Crippen molar-refractivity contribution in [3.05, 3.63) is 70.6 Å². The molecule has 3 heterocycles. The van der Waals surface area contributed by atoms with Crippen molar-refractivity contribution in [1.82, 2.24) is 9.21 Å². The molecule has 0 radical (unpaired) electrons. The summed E-state index contributed by atoms with van der Waals surface area (Å²) in [4.78, 5) is 28.4. The molecule has 2 aliphatic heterocycles. The van der Waals surface area contributed by atoms with Crippen LogP contribution in [0.3, 0.4) is 0 Å². The van der Waals surface area contributed by atoms with E-state index >= 15 is 0 Å². The monoisotopic (exact) mass is 526 g/mol. The van der Waals surface area contributed by atoms with E-state index in [0.29, 0.717) is 25.9 Å². The molecule has 1 fully saturated rings. The van der Waals surface area contributed by atoms with Gasteiger partial charge in [0.2, 0.25) is 15.9 Å². The number of rotatable bonds is 7. The first-order valence-electron chi connectivity index (χ1n) is 12.3. The molecule has 7 nitrogen and oxygen atoms in total. The Morgan fingerprint density at radius 1 is 1.11 bits per heavy atom. The molecule has 2 amide bonds. The van der Waals surface area contributed by atoms with Crippen molar-refractivity contribution < 1.29 is 22.7 Å². The van der Waals surface area contributed by atoms with Gasteiger partial charge >= 0.3 is 6.09 Å². The van der Waals surface area contributed by atoms with Crippen LogP contribution in [0.1, 0.15) is 29.9 Å². The van der Waals surface area contributed by atoms with Crippen LogP contribution in [0, 0.1) is 11.8 Å². The Balaban J connectivity index is 1.34. The summed E-state index contributed by atoms with van der Waals surface area (Å²) in [6.07, 6.45) is 0.421. The first-order chi connectivity index (χ1) is 17.2. The molecule has 190 valence electrons. The van der Waals surface area contributed by atoms with E-state index < -0.39 is 34.0 Å². The summed E-state index contributed by atoms with van der Waals surface area (Å²) in [5.74, 6) is -1.91. The minimum absolute atomic E-state index is 0.109. The fraction of sp³-hybridized carbons (Fsp3) is 0.407. The first kappa shape index (κ1) is 24.9. The number of thiophene rings is 1. The van der Waals surface area contributed by atoms with Gasteiger partial charge in [0.1, 0.15) is 6.61 Å². The molecule has 36 heavy (non-hydrogen) atoms. The third-order valence-electron chi connectivity index (χ3n) is 7.13. The van der Waals surface area contributed by atoms with Gasteiger partial charge in [0.15, 0.2) is 0 Å². The highest BCUT2D eigenvalue weighted by Gasteiger charge is 2.43.